The third-order valence-corrected chi connectivity index (χ3v) is 1.53. The summed E-state index contributed by atoms with van der Waals surface area (Å²) in [7, 11) is 0. The van der Waals surface area contributed by atoms with Crippen LogP contribution < -0.4 is 0 Å². The van der Waals surface area contributed by atoms with Crippen molar-refractivity contribution in [2.45, 2.75) is 6.54 Å². The van der Waals surface area contributed by atoms with Crippen molar-refractivity contribution in [1.29, 1.82) is 0 Å². The molecule has 0 spiro atoms. The first-order valence-corrected chi connectivity index (χ1v) is 3.08. The highest BCUT2D eigenvalue weighted by Crippen LogP contribution is 2.18. The van der Waals surface area contributed by atoms with E-state index in [4.69, 9.17) is 0 Å². The lowest BCUT2D eigenvalue weighted by atomic mass is 10.4. The summed E-state index contributed by atoms with van der Waals surface area (Å²) in [5, 5.41) is 0. The number of rotatable bonds is 1. The molecule has 0 amide bonds. The fourth-order valence-corrected chi connectivity index (χ4v) is 1.06. The molecule has 0 N–H and O–H groups in total. The van der Waals surface area contributed by atoms with Gasteiger partial charge in [-0.1, -0.05) is 0 Å². The van der Waals surface area contributed by atoms with Gasteiger partial charge in [-0.2, -0.15) is 0 Å². The molecule has 1 aromatic rings. The van der Waals surface area contributed by atoms with Gasteiger partial charge >= 0.3 is 0 Å². The molecule has 0 aromatic carbocycles. The van der Waals surface area contributed by atoms with E-state index >= 15 is 0 Å². The number of aldehydes is 1. The van der Waals surface area contributed by atoms with Gasteiger partial charge in [0.05, 0.1) is 6.54 Å². The summed E-state index contributed by atoms with van der Waals surface area (Å²) in [5.74, 6) is 0.877. The maximum Gasteiger partial charge on any atom is 0.166 e. The summed E-state index contributed by atoms with van der Waals surface area (Å²) < 4.78 is 1.93. The molecule has 0 bridgehead atoms. The van der Waals surface area contributed by atoms with Gasteiger partial charge < -0.3 is 4.57 Å². The molecule has 10 heavy (non-hydrogen) atoms. The molecule has 50 valence electrons. The Labute approximate surface area is 58.0 Å². The Morgan fingerprint density at radius 1 is 1.70 bits per heavy atom. The Bertz CT molecular complexity index is 298. The van der Waals surface area contributed by atoms with Crippen LogP contribution in [-0.4, -0.2) is 16.6 Å². The van der Waals surface area contributed by atoms with Crippen molar-refractivity contribution in [3.8, 4) is 0 Å². The van der Waals surface area contributed by atoms with Gasteiger partial charge in [0.1, 0.15) is 11.5 Å². The number of hydrogen-bond donors (Lipinski definition) is 0. The largest absolute Gasteiger partial charge is 0.327 e. The van der Waals surface area contributed by atoms with E-state index in [9.17, 15) is 4.79 Å². The molecule has 0 aliphatic carbocycles. The third kappa shape index (κ3) is 0.603. The van der Waals surface area contributed by atoms with Crippen molar-refractivity contribution in [1.82, 2.24) is 4.57 Å². The Morgan fingerprint density at radius 3 is 3.30 bits per heavy atom. The van der Waals surface area contributed by atoms with E-state index in [-0.39, 0.29) is 0 Å². The van der Waals surface area contributed by atoms with Crippen molar-refractivity contribution in [3.63, 3.8) is 0 Å². The SMILES string of the molecule is O=CC1=Nc2cccn2C1. The Hall–Kier alpha value is -1.38. The number of aromatic nitrogens is 1. The van der Waals surface area contributed by atoms with Gasteiger partial charge in [-0.3, -0.25) is 4.79 Å². The number of carbonyl (C=O) groups is 1. The second-order valence-corrected chi connectivity index (χ2v) is 2.22. The van der Waals surface area contributed by atoms with Gasteiger partial charge in [0.25, 0.3) is 0 Å². The van der Waals surface area contributed by atoms with Gasteiger partial charge in [-0.15, -0.1) is 0 Å². The third-order valence-electron chi connectivity index (χ3n) is 1.53. The number of hydrogen-bond acceptors (Lipinski definition) is 2. The molecule has 3 heteroatoms. The molecule has 1 aliphatic rings. The van der Waals surface area contributed by atoms with Crippen LogP contribution in [0.3, 0.4) is 0 Å². The molecular formula is C7H6N2O. The average Bonchev–Trinajstić information content (AvgIpc) is 2.42. The fraction of sp³-hybridized carbons (Fsp3) is 0.143. The predicted octanol–water partition coefficient (Wildman–Crippen LogP) is 0.773. The topological polar surface area (TPSA) is 34.4 Å². The predicted molar refractivity (Wildman–Crippen MR) is 37.6 cm³/mol. The van der Waals surface area contributed by atoms with E-state index in [0.717, 1.165) is 12.1 Å². The minimum absolute atomic E-state index is 0.607. The van der Waals surface area contributed by atoms with Crippen LogP contribution in [0.1, 0.15) is 0 Å². The van der Waals surface area contributed by atoms with Gasteiger partial charge in [-0.25, -0.2) is 4.99 Å². The molecule has 3 nitrogen and oxygen atoms in total. The maximum atomic E-state index is 10.2. The molecule has 0 radical (unpaired) electrons. The Balaban J connectivity index is 2.45. The van der Waals surface area contributed by atoms with Crippen LogP contribution in [0, 0.1) is 0 Å². The Kier molecular flexibility index (Phi) is 0.974. The van der Waals surface area contributed by atoms with Crippen molar-refractivity contribution in [3.05, 3.63) is 18.3 Å². The van der Waals surface area contributed by atoms with Crippen molar-refractivity contribution in [2.24, 2.45) is 4.99 Å². The second-order valence-electron chi connectivity index (χ2n) is 2.22. The quantitative estimate of drug-likeness (QED) is 0.522. The summed E-state index contributed by atoms with van der Waals surface area (Å²) in [6, 6.07) is 3.80. The average molecular weight is 134 g/mol. The first kappa shape index (κ1) is 5.41. The normalized spacial score (nSPS) is 14.6. The lowest BCUT2D eigenvalue weighted by Crippen LogP contribution is -2.02. The fourth-order valence-electron chi connectivity index (χ4n) is 1.06. The molecule has 1 aromatic heterocycles. The van der Waals surface area contributed by atoms with E-state index < -0.39 is 0 Å². The standard InChI is InChI=1S/C7H6N2O/c10-5-6-4-9-3-1-2-7(9)8-6/h1-3,5H,4H2. The first-order chi connectivity index (χ1) is 4.90. The molecule has 2 rings (SSSR count). The van der Waals surface area contributed by atoms with Crippen molar-refractivity contribution >= 4 is 17.8 Å². The van der Waals surface area contributed by atoms with Crippen molar-refractivity contribution in [2.75, 3.05) is 0 Å². The first-order valence-electron chi connectivity index (χ1n) is 3.08. The monoisotopic (exact) mass is 134 g/mol. The number of carbonyl (C=O) groups excluding carboxylic acids is 1. The van der Waals surface area contributed by atoms with Crippen LogP contribution in [0.2, 0.25) is 0 Å². The zero-order valence-corrected chi connectivity index (χ0v) is 5.32. The zero-order chi connectivity index (χ0) is 6.97. The molecule has 0 fully saturated rings. The Morgan fingerprint density at radius 2 is 2.60 bits per heavy atom. The highest BCUT2D eigenvalue weighted by molar-refractivity contribution is 6.29. The molecule has 2 heterocycles. The van der Waals surface area contributed by atoms with E-state index in [1.54, 1.807) is 0 Å². The van der Waals surface area contributed by atoms with Crippen LogP contribution in [0.4, 0.5) is 5.82 Å². The van der Waals surface area contributed by atoms with Gasteiger partial charge in [0.15, 0.2) is 6.29 Å². The highest BCUT2D eigenvalue weighted by Gasteiger charge is 2.10. The van der Waals surface area contributed by atoms with E-state index in [0.29, 0.717) is 12.3 Å². The van der Waals surface area contributed by atoms with E-state index in [2.05, 4.69) is 4.99 Å². The zero-order valence-electron chi connectivity index (χ0n) is 5.32. The van der Waals surface area contributed by atoms with Crippen LogP contribution in [0.5, 0.6) is 0 Å². The minimum atomic E-state index is 0.607. The highest BCUT2D eigenvalue weighted by atomic mass is 16.1. The molecular weight excluding hydrogens is 128 g/mol. The maximum absolute atomic E-state index is 10.2. The second kappa shape index (κ2) is 1.80. The van der Waals surface area contributed by atoms with Crippen LogP contribution >= 0.6 is 0 Å². The van der Waals surface area contributed by atoms with Crippen LogP contribution in [0.15, 0.2) is 23.3 Å². The summed E-state index contributed by atoms with van der Waals surface area (Å²) in [4.78, 5) is 14.3. The summed E-state index contributed by atoms with van der Waals surface area (Å²) in [6.07, 6.45) is 2.71. The lowest BCUT2D eigenvalue weighted by molar-refractivity contribution is -0.102. The van der Waals surface area contributed by atoms with Crippen molar-refractivity contribution < 1.29 is 4.79 Å². The molecule has 1 aliphatic heterocycles. The van der Waals surface area contributed by atoms with Gasteiger partial charge in [0.2, 0.25) is 0 Å². The summed E-state index contributed by atoms with van der Waals surface area (Å²) >= 11 is 0. The molecule has 0 unspecified atom stereocenters. The van der Waals surface area contributed by atoms with Crippen LogP contribution in [0.25, 0.3) is 0 Å². The van der Waals surface area contributed by atoms with Gasteiger partial charge in [-0.05, 0) is 12.1 Å². The summed E-state index contributed by atoms with van der Waals surface area (Å²) in [6.45, 7) is 0.631. The smallest absolute Gasteiger partial charge is 0.166 e. The van der Waals surface area contributed by atoms with E-state index in [1.807, 2.05) is 22.9 Å². The minimum Gasteiger partial charge on any atom is -0.327 e. The molecule has 0 saturated heterocycles. The van der Waals surface area contributed by atoms with Crippen LogP contribution in [-0.2, 0) is 11.3 Å². The molecule has 0 saturated carbocycles. The number of aliphatic imine (C=N–C) groups is 1. The lowest BCUT2D eigenvalue weighted by Gasteiger charge is -1.90. The summed E-state index contributed by atoms with van der Waals surface area (Å²) in [5.41, 5.74) is 0.607. The number of nitrogens with zero attached hydrogens (tertiary/aromatic N) is 2. The van der Waals surface area contributed by atoms with Gasteiger partial charge in [0, 0.05) is 6.20 Å². The van der Waals surface area contributed by atoms with E-state index in [1.165, 1.54) is 0 Å². The molecule has 0 atom stereocenters. The number of fused-ring (bicyclic) bond motifs is 1.